The van der Waals surface area contributed by atoms with Gasteiger partial charge in [0, 0.05) is 11.1 Å². The van der Waals surface area contributed by atoms with Crippen molar-refractivity contribution in [2.75, 3.05) is 5.32 Å². The van der Waals surface area contributed by atoms with Crippen LogP contribution in [0.5, 0.6) is 0 Å². The highest BCUT2D eigenvalue weighted by molar-refractivity contribution is 6.11. The van der Waals surface area contributed by atoms with E-state index in [1.54, 1.807) is 0 Å². The summed E-state index contributed by atoms with van der Waals surface area (Å²) in [5, 5.41) is 10.8. The smallest absolute Gasteiger partial charge is 0.276 e. The van der Waals surface area contributed by atoms with Crippen molar-refractivity contribution in [1.82, 2.24) is 10.2 Å². The van der Waals surface area contributed by atoms with Crippen LogP contribution in [-0.2, 0) is 0 Å². The summed E-state index contributed by atoms with van der Waals surface area (Å²) in [6.07, 6.45) is 0. The van der Waals surface area contributed by atoms with Gasteiger partial charge in [-0.05, 0) is 38.0 Å². The molecule has 0 unspecified atom stereocenters. The predicted molar refractivity (Wildman–Crippen MR) is 84.7 cm³/mol. The molecule has 2 N–H and O–H groups in total. The normalized spacial score (nSPS) is 10.8. The van der Waals surface area contributed by atoms with Crippen molar-refractivity contribution in [1.29, 1.82) is 0 Å². The Kier molecular flexibility index (Phi) is 3.22. The molecule has 1 amide bonds. The largest absolute Gasteiger partial charge is 0.320 e. The number of aromatic nitrogens is 2. The van der Waals surface area contributed by atoms with Crippen LogP contribution in [0.4, 0.5) is 5.69 Å². The number of amides is 1. The van der Waals surface area contributed by atoms with Gasteiger partial charge in [-0.15, -0.1) is 0 Å². The lowest BCUT2D eigenvalue weighted by atomic mass is 10.0. The van der Waals surface area contributed by atoms with Crippen LogP contribution in [0, 0.1) is 20.8 Å². The van der Waals surface area contributed by atoms with Gasteiger partial charge in [-0.3, -0.25) is 9.89 Å². The molecule has 0 fully saturated rings. The van der Waals surface area contributed by atoms with Crippen LogP contribution in [-0.4, -0.2) is 16.1 Å². The molecular formula is C17H17N3O. The number of aromatic amines is 1. The second kappa shape index (κ2) is 5.05. The molecule has 2 aromatic carbocycles. The molecule has 1 heterocycles. The molecule has 0 spiro atoms. The summed E-state index contributed by atoms with van der Waals surface area (Å²) in [5.74, 6) is -0.192. The fraction of sp³-hybridized carbons (Fsp3) is 0.176. The van der Waals surface area contributed by atoms with E-state index in [9.17, 15) is 4.79 Å². The van der Waals surface area contributed by atoms with Gasteiger partial charge in [-0.1, -0.05) is 35.9 Å². The van der Waals surface area contributed by atoms with Crippen molar-refractivity contribution < 1.29 is 4.79 Å². The molecule has 0 aliphatic carbocycles. The number of H-pyrrole nitrogens is 1. The van der Waals surface area contributed by atoms with E-state index in [0.717, 1.165) is 27.7 Å². The Morgan fingerprint density at radius 2 is 1.76 bits per heavy atom. The second-order valence-corrected chi connectivity index (χ2v) is 5.35. The fourth-order valence-corrected chi connectivity index (χ4v) is 2.69. The highest BCUT2D eigenvalue weighted by Crippen LogP contribution is 2.23. The first-order chi connectivity index (χ1) is 10.1. The molecule has 4 heteroatoms. The Labute approximate surface area is 123 Å². The number of benzene rings is 2. The highest BCUT2D eigenvalue weighted by atomic mass is 16.1. The van der Waals surface area contributed by atoms with Crippen LogP contribution in [0.3, 0.4) is 0 Å². The monoisotopic (exact) mass is 279 g/mol. The molecule has 0 radical (unpaired) electrons. The zero-order valence-electron chi connectivity index (χ0n) is 12.3. The third kappa shape index (κ3) is 2.40. The number of anilines is 1. The number of carbonyl (C=O) groups is 1. The maximum Gasteiger partial charge on any atom is 0.276 e. The SMILES string of the molecule is Cc1cc(C)c(NC(=O)c2n[nH]c3ccccc23)c(C)c1. The van der Waals surface area contributed by atoms with Crippen LogP contribution >= 0.6 is 0 Å². The van der Waals surface area contributed by atoms with Crippen molar-refractivity contribution in [3.05, 3.63) is 58.8 Å². The average molecular weight is 279 g/mol. The summed E-state index contributed by atoms with van der Waals surface area (Å²) in [6.45, 7) is 6.04. The summed E-state index contributed by atoms with van der Waals surface area (Å²) in [4.78, 5) is 12.5. The van der Waals surface area contributed by atoms with E-state index >= 15 is 0 Å². The van der Waals surface area contributed by atoms with E-state index in [4.69, 9.17) is 0 Å². The molecule has 4 nitrogen and oxygen atoms in total. The van der Waals surface area contributed by atoms with E-state index in [1.807, 2.05) is 45.0 Å². The van der Waals surface area contributed by atoms with Crippen molar-refractivity contribution in [3.8, 4) is 0 Å². The Morgan fingerprint density at radius 3 is 2.48 bits per heavy atom. The molecule has 0 saturated carbocycles. The molecule has 0 saturated heterocycles. The zero-order chi connectivity index (χ0) is 15.0. The second-order valence-electron chi connectivity index (χ2n) is 5.35. The number of rotatable bonds is 2. The lowest BCUT2D eigenvalue weighted by molar-refractivity contribution is 0.102. The van der Waals surface area contributed by atoms with E-state index in [0.29, 0.717) is 5.69 Å². The van der Waals surface area contributed by atoms with Crippen molar-refractivity contribution in [2.45, 2.75) is 20.8 Å². The van der Waals surface area contributed by atoms with E-state index in [2.05, 4.69) is 27.6 Å². The van der Waals surface area contributed by atoms with Gasteiger partial charge < -0.3 is 5.32 Å². The molecule has 0 atom stereocenters. The van der Waals surface area contributed by atoms with Gasteiger partial charge in [-0.25, -0.2) is 0 Å². The lowest BCUT2D eigenvalue weighted by Gasteiger charge is -2.12. The quantitative estimate of drug-likeness (QED) is 0.750. The number of nitrogens with zero attached hydrogens (tertiary/aromatic N) is 1. The van der Waals surface area contributed by atoms with Crippen LogP contribution in [0.1, 0.15) is 27.2 Å². The van der Waals surface area contributed by atoms with Crippen LogP contribution in [0.2, 0.25) is 0 Å². The summed E-state index contributed by atoms with van der Waals surface area (Å²) < 4.78 is 0. The number of fused-ring (bicyclic) bond motifs is 1. The average Bonchev–Trinajstić information content (AvgIpc) is 2.86. The minimum atomic E-state index is -0.192. The summed E-state index contributed by atoms with van der Waals surface area (Å²) in [6, 6.07) is 11.7. The molecule has 21 heavy (non-hydrogen) atoms. The molecular weight excluding hydrogens is 262 g/mol. The molecule has 3 rings (SSSR count). The van der Waals surface area contributed by atoms with Crippen LogP contribution in [0.25, 0.3) is 10.9 Å². The first kappa shape index (κ1) is 13.4. The van der Waals surface area contributed by atoms with Crippen molar-refractivity contribution in [3.63, 3.8) is 0 Å². The Bertz CT molecular complexity index is 810. The number of para-hydroxylation sites is 1. The molecule has 0 aliphatic heterocycles. The Morgan fingerprint density at radius 1 is 1.10 bits per heavy atom. The van der Waals surface area contributed by atoms with E-state index in [-0.39, 0.29) is 5.91 Å². The van der Waals surface area contributed by atoms with Gasteiger partial charge in [-0.2, -0.15) is 5.10 Å². The topological polar surface area (TPSA) is 57.8 Å². The lowest BCUT2D eigenvalue weighted by Crippen LogP contribution is -2.14. The van der Waals surface area contributed by atoms with Crippen LogP contribution in [0.15, 0.2) is 36.4 Å². The third-order valence-electron chi connectivity index (χ3n) is 3.60. The van der Waals surface area contributed by atoms with Gasteiger partial charge in [0.05, 0.1) is 5.52 Å². The molecule has 3 aromatic rings. The maximum atomic E-state index is 12.5. The maximum absolute atomic E-state index is 12.5. The minimum absolute atomic E-state index is 0.192. The Hall–Kier alpha value is -2.62. The standard InChI is InChI=1S/C17H17N3O/c1-10-8-11(2)15(12(3)9-10)18-17(21)16-13-6-4-5-7-14(13)19-20-16/h4-9H,1-3H3,(H,18,21)(H,19,20). The van der Waals surface area contributed by atoms with Gasteiger partial charge in [0.25, 0.3) is 5.91 Å². The van der Waals surface area contributed by atoms with E-state index in [1.165, 1.54) is 5.56 Å². The van der Waals surface area contributed by atoms with Crippen molar-refractivity contribution >= 4 is 22.5 Å². The van der Waals surface area contributed by atoms with E-state index < -0.39 is 0 Å². The number of carbonyl (C=O) groups excluding carboxylic acids is 1. The van der Waals surface area contributed by atoms with Gasteiger partial charge >= 0.3 is 0 Å². The molecule has 106 valence electrons. The number of aryl methyl sites for hydroxylation is 3. The minimum Gasteiger partial charge on any atom is -0.320 e. The number of nitrogens with one attached hydrogen (secondary N) is 2. The third-order valence-corrected chi connectivity index (χ3v) is 3.60. The summed E-state index contributed by atoms with van der Waals surface area (Å²) in [7, 11) is 0. The first-order valence-electron chi connectivity index (χ1n) is 6.88. The highest BCUT2D eigenvalue weighted by Gasteiger charge is 2.15. The Balaban J connectivity index is 1.97. The number of hydrogen-bond donors (Lipinski definition) is 2. The molecule has 0 bridgehead atoms. The van der Waals surface area contributed by atoms with Gasteiger partial charge in [0.1, 0.15) is 0 Å². The fourth-order valence-electron chi connectivity index (χ4n) is 2.69. The predicted octanol–water partition coefficient (Wildman–Crippen LogP) is 3.74. The number of hydrogen-bond acceptors (Lipinski definition) is 2. The molecule has 0 aliphatic rings. The van der Waals surface area contributed by atoms with Crippen LogP contribution < -0.4 is 5.32 Å². The van der Waals surface area contributed by atoms with Gasteiger partial charge in [0.15, 0.2) is 5.69 Å². The van der Waals surface area contributed by atoms with Gasteiger partial charge in [0.2, 0.25) is 0 Å². The first-order valence-corrected chi connectivity index (χ1v) is 6.88. The zero-order valence-corrected chi connectivity index (χ0v) is 12.3. The summed E-state index contributed by atoms with van der Waals surface area (Å²) in [5.41, 5.74) is 5.44. The van der Waals surface area contributed by atoms with Crippen molar-refractivity contribution in [2.24, 2.45) is 0 Å². The summed E-state index contributed by atoms with van der Waals surface area (Å²) >= 11 is 0. The molecule has 1 aromatic heterocycles.